The molecule has 0 saturated carbocycles. The van der Waals surface area contributed by atoms with Crippen LogP contribution in [0.5, 0.6) is 11.6 Å². The molecule has 0 radical (unpaired) electrons. The van der Waals surface area contributed by atoms with Crippen molar-refractivity contribution in [2.45, 2.75) is 6.92 Å². The van der Waals surface area contributed by atoms with E-state index in [0.29, 0.717) is 28.8 Å². The minimum atomic E-state index is 0.359. The molecule has 0 atom stereocenters. The number of rotatable bonds is 3. The van der Waals surface area contributed by atoms with Gasteiger partial charge in [-0.3, -0.25) is 0 Å². The van der Waals surface area contributed by atoms with E-state index < -0.39 is 0 Å². The molecule has 0 fully saturated rings. The topological polar surface area (TPSA) is 79.2 Å². The van der Waals surface area contributed by atoms with E-state index in [2.05, 4.69) is 15.3 Å². The zero-order chi connectivity index (χ0) is 15.8. The number of thiophene rings is 1. The van der Waals surface area contributed by atoms with Crippen molar-refractivity contribution < 1.29 is 9.47 Å². The number of fused-ring (bicyclic) bond motifs is 1. The Labute approximate surface area is 135 Å². The first-order chi connectivity index (χ1) is 11.2. The Morgan fingerprint density at radius 3 is 2.87 bits per heavy atom. The Morgan fingerprint density at radius 2 is 2.09 bits per heavy atom. The van der Waals surface area contributed by atoms with E-state index >= 15 is 0 Å². The molecule has 0 aromatic carbocycles. The van der Waals surface area contributed by atoms with E-state index in [4.69, 9.17) is 4.74 Å². The second kappa shape index (κ2) is 5.33. The van der Waals surface area contributed by atoms with Crippen LogP contribution in [0.2, 0.25) is 0 Å². The van der Waals surface area contributed by atoms with Crippen molar-refractivity contribution in [2.24, 2.45) is 0 Å². The highest BCUT2D eigenvalue weighted by Gasteiger charge is 2.12. The van der Waals surface area contributed by atoms with Crippen molar-refractivity contribution in [3.63, 3.8) is 0 Å². The fourth-order valence-electron chi connectivity index (χ4n) is 2.12. The average Bonchev–Trinajstić information content (AvgIpc) is 3.19. The van der Waals surface area contributed by atoms with Gasteiger partial charge in [-0.15, -0.1) is 15.3 Å². The van der Waals surface area contributed by atoms with E-state index in [0.717, 1.165) is 10.3 Å². The first kappa shape index (κ1) is 13.6. The van der Waals surface area contributed by atoms with Crippen LogP contribution in [0, 0.1) is 12.1 Å². The molecule has 4 heterocycles. The number of aromatic nitrogens is 5. The summed E-state index contributed by atoms with van der Waals surface area (Å²) in [4.78, 5) is 0. The molecule has 8 heteroatoms. The predicted molar refractivity (Wildman–Crippen MR) is 84.3 cm³/mol. The molecule has 0 bridgehead atoms. The minimum Gasteiger partial charge on any atom is -0.618 e. The average molecular weight is 325 g/mol. The zero-order valence-corrected chi connectivity index (χ0v) is 12.9. The van der Waals surface area contributed by atoms with Crippen molar-refractivity contribution >= 4 is 17.0 Å². The summed E-state index contributed by atoms with van der Waals surface area (Å²) < 4.78 is 8.03. The van der Waals surface area contributed by atoms with Crippen LogP contribution in [0.25, 0.3) is 17.0 Å². The summed E-state index contributed by atoms with van der Waals surface area (Å²) in [6, 6.07) is 8.83. The predicted octanol–water partition coefficient (Wildman–Crippen LogP) is 2.59. The molecule has 0 aliphatic carbocycles. The zero-order valence-electron chi connectivity index (χ0n) is 12.1. The highest BCUT2D eigenvalue weighted by atomic mass is 32.1. The smallest absolute Gasteiger partial charge is 0.237 e. The number of aryl methyl sites for hydroxylation is 1. The van der Waals surface area contributed by atoms with Gasteiger partial charge in [-0.25, -0.2) is 0 Å². The van der Waals surface area contributed by atoms with Gasteiger partial charge < -0.3 is 9.94 Å². The van der Waals surface area contributed by atoms with Crippen LogP contribution in [0.1, 0.15) is 5.69 Å². The van der Waals surface area contributed by atoms with Crippen molar-refractivity contribution in [1.82, 2.24) is 19.8 Å². The van der Waals surface area contributed by atoms with Crippen molar-refractivity contribution in [3.05, 3.63) is 58.2 Å². The van der Waals surface area contributed by atoms with Crippen LogP contribution in [-0.4, -0.2) is 19.8 Å². The van der Waals surface area contributed by atoms with Gasteiger partial charge in [-0.05, 0) is 23.6 Å². The molecule has 0 spiro atoms. The lowest BCUT2D eigenvalue weighted by molar-refractivity contribution is -0.612. The molecule has 0 aliphatic heterocycles. The summed E-state index contributed by atoms with van der Waals surface area (Å²) in [5.74, 6) is 1.43. The highest BCUT2D eigenvalue weighted by molar-refractivity contribution is 7.08. The van der Waals surface area contributed by atoms with Gasteiger partial charge in [0.25, 0.3) is 0 Å². The van der Waals surface area contributed by atoms with Crippen molar-refractivity contribution in [2.75, 3.05) is 0 Å². The molecule has 4 aromatic rings. The fraction of sp³-hybridized carbons (Fsp3) is 0.0667. The van der Waals surface area contributed by atoms with Crippen LogP contribution < -0.4 is 9.47 Å². The van der Waals surface area contributed by atoms with Crippen LogP contribution in [0.3, 0.4) is 0 Å². The monoisotopic (exact) mass is 325 g/mol. The molecule has 0 saturated heterocycles. The Kier molecular flexibility index (Phi) is 3.16. The van der Waals surface area contributed by atoms with Gasteiger partial charge in [0.15, 0.2) is 22.9 Å². The second-order valence-electron chi connectivity index (χ2n) is 4.91. The maximum absolute atomic E-state index is 11.6. The summed E-state index contributed by atoms with van der Waals surface area (Å²) in [5, 5.41) is 28.2. The van der Waals surface area contributed by atoms with Crippen molar-refractivity contribution in [3.8, 4) is 23.0 Å². The number of ether oxygens (including phenoxy) is 1. The van der Waals surface area contributed by atoms with Crippen LogP contribution in [0.15, 0.2) is 47.3 Å². The first-order valence-electron chi connectivity index (χ1n) is 6.83. The van der Waals surface area contributed by atoms with Crippen LogP contribution in [-0.2, 0) is 0 Å². The number of hydrogen-bond acceptors (Lipinski definition) is 6. The summed E-state index contributed by atoms with van der Waals surface area (Å²) in [5.41, 5.74) is 2.17. The third-order valence-corrected chi connectivity index (χ3v) is 4.00. The maximum atomic E-state index is 11.6. The van der Waals surface area contributed by atoms with Crippen molar-refractivity contribution in [1.29, 1.82) is 0 Å². The van der Waals surface area contributed by atoms with Gasteiger partial charge in [0.1, 0.15) is 0 Å². The third kappa shape index (κ3) is 2.49. The molecule has 114 valence electrons. The van der Waals surface area contributed by atoms with Gasteiger partial charge in [0, 0.05) is 30.0 Å². The van der Waals surface area contributed by atoms with Gasteiger partial charge in [0.05, 0.1) is 0 Å². The Morgan fingerprint density at radius 1 is 1.17 bits per heavy atom. The Bertz CT molecular complexity index is 981. The number of nitrogens with zero attached hydrogens (tertiary/aromatic N) is 5. The largest absolute Gasteiger partial charge is 0.618 e. The molecule has 4 rings (SSSR count). The molecule has 0 unspecified atom stereocenters. The Hall–Kier alpha value is -3.00. The maximum Gasteiger partial charge on any atom is 0.237 e. The first-order valence-corrected chi connectivity index (χ1v) is 7.78. The van der Waals surface area contributed by atoms with Crippen LogP contribution >= 0.6 is 11.3 Å². The lowest BCUT2D eigenvalue weighted by atomic mass is 10.3. The number of hydrogen-bond donors (Lipinski definition) is 0. The summed E-state index contributed by atoms with van der Waals surface area (Å²) >= 11 is 1.58. The summed E-state index contributed by atoms with van der Waals surface area (Å²) in [7, 11) is 0. The molecule has 0 amide bonds. The quantitative estimate of drug-likeness (QED) is 0.427. The Balaban J connectivity index is 1.73. The lowest BCUT2D eigenvalue weighted by Gasteiger charge is -2.06. The van der Waals surface area contributed by atoms with Gasteiger partial charge in [-0.1, -0.05) is 0 Å². The highest BCUT2D eigenvalue weighted by Crippen LogP contribution is 2.23. The summed E-state index contributed by atoms with van der Waals surface area (Å²) in [6.45, 7) is 1.73. The molecular formula is C15H11N5O2S. The van der Waals surface area contributed by atoms with E-state index in [1.165, 1.54) is 6.20 Å². The van der Waals surface area contributed by atoms with Gasteiger partial charge >= 0.3 is 0 Å². The summed E-state index contributed by atoms with van der Waals surface area (Å²) in [6.07, 6.45) is 1.37. The molecule has 0 N–H and O–H groups in total. The number of pyridine rings is 1. The SMILES string of the molecule is Cc1ccc(Oc2ccc3nnc(-c4ccsc4)n3n2)c[n+]1[O-]. The molecule has 4 aromatic heterocycles. The molecule has 7 nitrogen and oxygen atoms in total. The van der Waals surface area contributed by atoms with E-state index in [1.54, 1.807) is 47.0 Å². The molecule has 23 heavy (non-hydrogen) atoms. The van der Waals surface area contributed by atoms with Crippen LogP contribution in [0.4, 0.5) is 0 Å². The minimum absolute atomic E-state index is 0.359. The third-order valence-electron chi connectivity index (χ3n) is 3.32. The fourth-order valence-corrected chi connectivity index (χ4v) is 2.75. The standard InChI is InChI=1S/C15H11N5O2S/c1-10-2-3-12(8-19(10)21)22-14-5-4-13-16-17-15(20(13)18-14)11-6-7-23-9-11/h2-9H,1H3. The molecular weight excluding hydrogens is 314 g/mol. The van der Waals surface area contributed by atoms with Gasteiger partial charge in [0.2, 0.25) is 12.1 Å². The van der Waals surface area contributed by atoms with E-state index in [1.807, 2.05) is 16.8 Å². The van der Waals surface area contributed by atoms with Gasteiger partial charge in [-0.2, -0.15) is 20.6 Å². The molecule has 0 aliphatic rings. The lowest BCUT2D eigenvalue weighted by Crippen LogP contribution is -2.28. The normalized spacial score (nSPS) is 11.0. The van der Waals surface area contributed by atoms with E-state index in [-0.39, 0.29) is 0 Å². The van der Waals surface area contributed by atoms with E-state index in [9.17, 15) is 5.21 Å². The second-order valence-corrected chi connectivity index (χ2v) is 5.69.